The Labute approximate surface area is 174 Å². The zero-order valence-corrected chi connectivity index (χ0v) is 17.1. The maximum atomic E-state index is 13.3. The molecule has 0 fully saturated rings. The highest BCUT2D eigenvalue weighted by atomic mass is 32.1. The molecular formula is C21H18N2O6S. The van der Waals surface area contributed by atoms with Crippen molar-refractivity contribution in [3.05, 3.63) is 85.8 Å². The van der Waals surface area contributed by atoms with Crippen LogP contribution in [0.4, 0.5) is 0 Å². The number of nitrogens with zero attached hydrogens (tertiary/aromatic N) is 2. The highest BCUT2D eigenvalue weighted by Crippen LogP contribution is 2.23. The number of carbonyl (C=O) groups is 1. The van der Waals surface area contributed by atoms with Crippen molar-refractivity contribution in [2.45, 2.75) is 13.1 Å². The van der Waals surface area contributed by atoms with Crippen molar-refractivity contribution in [1.29, 1.82) is 0 Å². The van der Waals surface area contributed by atoms with Gasteiger partial charge >= 0.3 is 11.7 Å². The minimum atomic E-state index is -0.491. The topological polar surface area (TPSA) is 92.7 Å². The number of benzene rings is 1. The number of methoxy groups -OCH3 is 2. The normalized spacial score (nSPS) is 11.0. The van der Waals surface area contributed by atoms with Crippen LogP contribution in [0.1, 0.15) is 21.7 Å². The number of fused-ring (bicyclic) bond motifs is 1. The molecule has 0 aliphatic heterocycles. The zero-order valence-electron chi connectivity index (χ0n) is 16.3. The first-order chi connectivity index (χ1) is 14.5. The van der Waals surface area contributed by atoms with Crippen LogP contribution in [0.15, 0.2) is 62.0 Å². The van der Waals surface area contributed by atoms with Gasteiger partial charge in [-0.05, 0) is 41.8 Å². The Kier molecular flexibility index (Phi) is 5.28. The van der Waals surface area contributed by atoms with Gasteiger partial charge in [0.25, 0.3) is 5.56 Å². The third-order valence-corrected chi connectivity index (χ3v) is 5.65. The molecule has 3 heterocycles. The minimum Gasteiger partial charge on any atom is -0.496 e. The lowest BCUT2D eigenvalue weighted by atomic mass is 10.1. The van der Waals surface area contributed by atoms with Crippen LogP contribution in [0, 0.1) is 0 Å². The van der Waals surface area contributed by atoms with Crippen molar-refractivity contribution in [3.8, 4) is 5.75 Å². The lowest BCUT2D eigenvalue weighted by Crippen LogP contribution is -2.40. The largest absolute Gasteiger partial charge is 0.496 e. The summed E-state index contributed by atoms with van der Waals surface area (Å²) in [4.78, 5) is 38.1. The van der Waals surface area contributed by atoms with Crippen LogP contribution in [-0.4, -0.2) is 29.3 Å². The highest BCUT2D eigenvalue weighted by molar-refractivity contribution is 7.17. The molecular weight excluding hydrogens is 408 g/mol. The minimum absolute atomic E-state index is 0.0256. The predicted molar refractivity (Wildman–Crippen MR) is 112 cm³/mol. The lowest BCUT2D eigenvalue weighted by Gasteiger charge is -2.14. The molecule has 0 unspecified atom stereocenters. The summed E-state index contributed by atoms with van der Waals surface area (Å²) in [5.74, 6) is 0.526. The number of hydrogen-bond donors (Lipinski definition) is 0. The summed E-state index contributed by atoms with van der Waals surface area (Å²) in [5.41, 5.74) is 0.627. The monoisotopic (exact) mass is 426 g/mol. The van der Waals surface area contributed by atoms with Crippen LogP contribution in [0.5, 0.6) is 5.75 Å². The van der Waals surface area contributed by atoms with E-state index in [-0.39, 0.29) is 18.6 Å². The van der Waals surface area contributed by atoms with Crippen LogP contribution in [-0.2, 0) is 17.8 Å². The Bertz CT molecular complexity index is 1330. The van der Waals surface area contributed by atoms with E-state index in [2.05, 4.69) is 0 Å². The number of ether oxygens (including phenoxy) is 2. The van der Waals surface area contributed by atoms with E-state index >= 15 is 0 Å². The SMILES string of the molecule is COC(=O)c1ccc(OC)c(Cn2c(=O)n(Cc3ccco3)c(=O)c3sccc32)c1. The molecule has 0 saturated carbocycles. The number of rotatable bonds is 6. The fourth-order valence-electron chi connectivity index (χ4n) is 3.30. The van der Waals surface area contributed by atoms with Gasteiger partial charge in [0.15, 0.2) is 0 Å². The number of carbonyl (C=O) groups excluding carboxylic acids is 1. The number of esters is 1. The van der Waals surface area contributed by atoms with Gasteiger partial charge < -0.3 is 13.9 Å². The summed E-state index contributed by atoms with van der Waals surface area (Å²) >= 11 is 1.27. The Balaban J connectivity index is 1.88. The molecule has 154 valence electrons. The van der Waals surface area contributed by atoms with Gasteiger partial charge in [-0.3, -0.25) is 13.9 Å². The first-order valence-electron chi connectivity index (χ1n) is 9.02. The smallest absolute Gasteiger partial charge is 0.337 e. The molecule has 0 bridgehead atoms. The molecule has 0 atom stereocenters. The number of thiophene rings is 1. The van der Waals surface area contributed by atoms with E-state index in [4.69, 9.17) is 13.9 Å². The second-order valence-electron chi connectivity index (χ2n) is 6.49. The quantitative estimate of drug-likeness (QED) is 0.440. The van der Waals surface area contributed by atoms with Gasteiger partial charge in [0.05, 0.1) is 44.7 Å². The Morgan fingerprint density at radius 3 is 2.63 bits per heavy atom. The molecule has 8 nitrogen and oxygen atoms in total. The molecule has 0 spiro atoms. The molecule has 4 rings (SSSR count). The second kappa shape index (κ2) is 8.03. The van der Waals surface area contributed by atoms with Crippen molar-refractivity contribution in [2.75, 3.05) is 14.2 Å². The van der Waals surface area contributed by atoms with Crippen molar-refractivity contribution in [1.82, 2.24) is 9.13 Å². The van der Waals surface area contributed by atoms with E-state index in [0.29, 0.717) is 32.9 Å². The second-order valence-corrected chi connectivity index (χ2v) is 7.41. The van der Waals surface area contributed by atoms with Crippen LogP contribution >= 0.6 is 11.3 Å². The van der Waals surface area contributed by atoms with Crippen molar-refractivity contribution in [3.63, 3.8) is 0 Å². The molecule has 1 aromatic carbocycles. The number of aromatic nitrogens is 2. The van der Waals surface area contributed by atoms with Crippen molar-refractivity contribution < 1.29 is 18.7 Å². The van der Waals surface area contributed by atoms with E-state index in [1.54, 1.807) is 41.8 Å². The summed E-state index contributed by atoms with van der Waals surface area (Å²) in [5, 5.41) is 1.77. The van der Waals surface area contributed by atoms with Gasteiger partial charge in [-0.2, -0.15) is 0 Å². The van der Waals surface area contributed by atoms with E-state index in [9.17, 15) is 14.4 Å². The van der Waals surface area contributed by atoms with Gasteiger partial charge in [0, 0.05) is 5.56 Å². The van der Waals surface area contributed by atoms with Gasteiger partial charge in [-0.15, -0.1) is 11.3 Å². The molecule has 0 saturated heterocycles. The summed E-state index contributed by atoms with van der Waals surface area (Å²) in [6.45, 7) is 0.135. The average molecular weight is 426 g/mol. The van der Waals surface area contributed by atoms with Crippen LogP contribution < -0.4 is 16.0 Å². The van der Waals surface area contributed by atoms with Crippen LogP contribution in [0.2, 0.25) is 0 Å². The number of hydrogen-bond acceptors (Lipinski definition) is 7. The summed E-state index contributed by atoms with van der Waals surface area (Å²) in [6, 6.07) is 10.0. The third-order valence-electron chi connectivity index (χ3n) is 4.76. The van der Waals surface area contributed by atoms with Gasteiger partial charge in [0.1, 0.15) is 16.2 Å². The van der Waals surface area contributed by atoms with E-state index < -0.39 is 11.7 Å². The van der Waals surface area contributed by atoms with Crippen molar-refractivity contribution >= 4 is 27.5 Å². The Morgan fingerprint density at radius 2 is 1.93 bits per heavy atom. The van der Waals surface area contributed by atoms with Gasteiger partial charge in [0.2, 0.25) is 0 Å². The molecule has 9 heteroatoms. The molecule has 0 aliphatic carbocycles. The molecule has 30 heavy (non-hydrogen) atoms. The molecule has 0 amide bonds. The fraction of sp³-hybridized carbons (Fsp3) is 0.190. The molecule has 0 aliphatic rings. The Morgan fingerprint density at radius 1 is 1.10 bits per heavy atom. The standard InChI is InChI=1S/C21H18N2O6S/c1-27-17-6-5-13(20(25)28-2)10-14(17)11-22-16-7-9-30-18(16)19(24)23(21(22)26)12-15-4-3-8-29-15/h3-10H,11-12H2,1-2H3. The van der Waals surface area contributed by atoms with Crippen molar-refractivity contribution in [2.24, 2.45) is 0 Å². The van der Waals surface area contributed by atoms with E-state index in [1.807, 2.05) is 0 Å². The maximum absolute atomic E-state index is 13.3. The first-order valence-corrected chi connectivity index (χ1v) is 9.90. The highest BCUT2D eigenvalue weighted by Gasteiger charge is 2.18. The van der Waals surface area contributed by atoms with Crippen LogP contribution in [0.3, 0.4) is 0 Å². The van der Waals surface area contributed by atoms with Gasteiger partial charge in [-0.1, -0.05) is 0 Å². The first kappa shape index (κ1) is 19.7. The lowest BCUT2D eigenvalue weighted by molar-refractivity contribution is 0.0600. The molecule has 0 N–H and O–H groups in total. The molecule has 0 radical (unpaired) electrons. The summed E-state index contributed by atoms with van der Waals surface area (Å²) in [6.07, 6.45) is 1.49. The summed E-state index contributed by atoms with van der Waals surface area (Å²) in [7, 11) is 2.81. The van der Waals surface area contributed by atoms with E-state index in [0.717, 1.165) is 4.57 Å². The summed E-state index contributed by atoms with van der Waals surface area (Å²) < 4.78 is 18.6. The molecule has 4 aromatic rings. The fourth-order valence-corrected chi connectivity index (χ4v) is 4.14. The Hall–Kier alpha value is -3.59. The average Bonchev–Trinajstić information content (AvgIpc) is 3.45. The molecule has 3 aromatic heterocycles. The van der Waals surface area contributed by atoms with Gasteiger partial charge in [-0.25, -0.2) is 9.59 Å². The number of furan rings is 1. The third kappa shape index (κ3) is 3.43. The maximum Gasteiger partial charge on any atom is 0.337 e. The predicted octanol–water partition coefficient (Wildman–Crippen LogP) is 2.71. The zero-order chi connectivity index (χ0) is 21.3. The van der Waals surface area contributed by atoms with E-state index in [1.165, 1.54) is 36.4 Å². The van der Waals surface area contributed by atoms with Crippen LogP contribution in [0.25, 0.3) is 10.2 Å².